The van der Waals surface area contributed by atoms with Gasteiger partial charge in [-0.2, -0.15) is 0 Å². The van der Waals surface area contributed by atoms with Crippen molar-refractivity contribution in [2.75, 3.05) is 0 Å². The van der Waals surface area contributed by atoms with Crippen LogP contribution < -0.4 is 5.73 Å². The molecule has 4 nitrogen and oxygen atoms in total. The van der Waals surface area contributed by atoms with Gasteiger partial charge >= 0.3 is 0 Å². The molecule has 1 heterocycles. The molecule has 0 saturated heterocycles. The van der Waals surface area contributed by atoms with E-state index in [0.29, 0.717) is 5.76 Å². The van der Waals surface area contributed by atoms with Crippen LogP contribution in [0.25, 0.3) is 0 Å². The van der Waals surface area contributed by atoms with Crippen molar-refractivity contribution in [3.05, 3.63) is 48.1 Å². The SMILES string of the molecule is C=CCC1=C(N)C(=O)C(Cc2ccco2)C(=S)C1=O. The molecule has 0 spiro atoms. The second-order valence-corrected chi connectivity index (χ2v) is 4.72. The van der Waals surface area contributed by atoms with E-state index in [1.54, 1.807) is 12.1 Å². The van der Waals surface area contributed by atoms with Crippen molar-refractivity contribution in [3.63, 3.8) is 0 Å². The Kier molecular flexibility index (Phi) is 3.76. The molecule has 1 aliphatic carbocycles. The smallest absolute Gasteiger partial charge is 0.198 e. The molecule has 5 heteroatoms. The molecule has 0 fully saturated rings. The molecule has 1 atom stereocenters. The fourth-order valence-electron chi connectivity index (χ4n) is 2.05. The molecule has 2 rings (SSSR count). The first-order valence-corrected chi connectivity index (χ1v) is 6.21. The zero-order chi connectivity index (χ0) is 14.0. The van der Waals surface area contributed by atoms with E-state index >= 15 is 0 Å². The zero-order valence-corrected chi connectivity index (χ0v) is 11.0. The van der Waals surface area contributed by atoms with Gasteiger partial charge in [-0.1, -0.05) is 18.3 Å². The van der Waals surface area contributed by atoms with Crippen LogP contribution in [0.15, 0.2) is 46.7 Å². The monoisotopic (exact) mass is 275 g/mol. The highest BCUT2D eigenvalue weighted by molar-refractivity contribution is 7.82. The van der Waals surface area contributed by atoms with Crippen LogP contribution in [0.4, 0.5) is 0 Å². The summed E-state index contributed by atoms with van der Waals surface area (Å²) in [6.07, 6.45) is 3.56. The first-order chi connectivity index (χ1) is 9.06. The van der Waals surface area contributed by atoms with Crippen molar-refractivity contribution >= 4 is 28.6 Å². The Hall–Kier alpha value is -2.01. The van der Waals surface area contributed by atoms with E-state index in [9.17, 15) is 9.59 Å². The number of rotatable bonds is 4. The highest BCUT2D eigenvalue weighted by Gasteiger charge is 2.37. The summed E-state index contributed by atoms with van der Waals surface area (Å²) in [5, 5.41) is 0. The van der Waals surface area contributed by atoms with E-state index in [1.165, 1.54) is 12.3 Å². The standard InChI is InChI=1S/C14H13NO3S/c1-2-4-9-11(15)12(16)10(14(19)13(9)17)7-8-5-3-6-18-8/h2-3,5-6,10H,1,4,7,15H2. The quantitative estimate of drug-likeness (QED) is 0.669. The van der Waals surface area contributed by atoms with Gasteiger partial charge < -0.3 is 10.2 Å². The normalized spacial score (nSPS) is 20.0. The van der Waals surface area contributed by atoms with Gasteiger partial charge in [0.15, 0.2) is 11.6 Å². The molecule has 0 aliphatic heterocycles. The molecule has 1 aromatic rings. The predicted molar refractivity (Wildman–Crippen MR) is 74.5 cm³/mol. The van der Waals surface area contributed by atoms with E-state index in [-0.39, 0.29) is 40.5 Å². The molecule has 0 saturated carbocycles. The van der Waals surface area contributed by atoms with Gasteiger partial charge in [0.2, 0.25) is 0 Å². The molecule has 19 heavy (non-hydrogen) atoms. The Labute approximate surface area is 116 Å². The second kappa shape index (κ2) is 5.32. The fourth-order valence-corrected chi connectivity index (χ4v) is 2.36. The lowest BCUT2D eigenvalue weighted by Crippen LogP contribution is -2.40. The average molecular weight is 275 g/mol. The maximum absolute atomic E-state index is 12.2. The van der Waals surface area contributed by atoms with Gasteiger partial charge in [0, 0.05) is 12.0 Å². The summed E-state index contributed by atoms with van der Waals surface area (Å²) in [7, 11) is 0. The highest BCUT2D eigenvalue weighted by Crippen LogP contribution is 2.25. The predicted octanol–water partition coefficient (Wildman–Crippen LogP) is 1.75. The van der Waals surface area contributed by atoms with Gasteiger partial charge in [-0.15, -0.1) is 6.58 Å². The molecule has 0 amide bonds. The molecule has 0 bridgehead atoms. The van der Waals surface area contributed by atoms with Crippen LogP contribution in [0.2, 0.25) is 0 Å². The lowest BCUT2D eigenvalue weighted by Gasteiger charge is -2.23. The summed E-state index contributed by atoms with van der Waals surface area (Å²) in [5.41, 5.74) is 6.00. The lowest BCUT2D eigenvalue weighted by atomic mass is 9.81. The number of carbonyl (C=O) groups is 2. The first-order valence-electron chi connectivity index (χ1n) is 5.81. The van der Waals surface area contributed by atoms with Crippen LogP contribution in [0, 0.1) is 5.92 Å². The minimum atomic E-state index is -0.706. The molecule has 98 valence electrons. The molecule has 1 aromatic heterocycles. The van der Waals surface area contributed by atoms with Gasteiger partial charge in [0.25, 0.3) is 0 Å². The Bertz CT molecular complexity index is 584. The highest BCUT2D eigenvalue weighted by atomic mass is 32.1. The minimum absolute atomic E-state index is 0.00458. The van der Waals surface area contributed by atoms with Crippen LogP contribution in [-0.4, -0.2) is 16.4 Å². The molecule has 0 radical (unpaired) electrons. The number of furan rings is 1. The number of hydrogen-bond acceptors (Lipinski definition) is 5. The topological polar surface area (TPSA) is 73.3 Å². The van der Waals surface area contributed by atoms with E-state index in [4.69, 9.17) is 22.4 Å². The summed E-state index contributed by atoms with van der Waals surface area (Å²) in [6.45, 7) is 3.54. The van der Waals surface area contributed by atoms with Gasteiger partial charge in [0.05, 0.1) is 22.7 Å². The summed E-state index contributed by atoms with van der Waals surface area (Å²) < 4.78 is 5.18. The third-order valence-electron chi connectivity index (χ3n) is 3.06. The molecule has 2 N–H and O–H groups in total. The maximum Gasteiger partial charge on any atom is 0.198 e. The van der Waals surface area contributed by atoms with Crippen LogP contribution in [0.3, 0.4) is 0 Å². The molecular weight excluding hydrogens is 262 g/mol. The average Bonchev–Trinajstić information content (AvgIpc) is 2.90. The van der Waals surface area contributed by atoms with Gasteiger partial charge in [-0.25, -0.2) is 0 Å². The largest absolute Gasteiger partial charge is 0.469 e. The Morgan fingerprint density at radius 2 is 2.21 bits per heavy atom. The van der Waals surface area contributed by atoms with Gasteiger partial charge in [-0.3, -0.25) is 9.59 Å². The molecule has 1 unspecified atom stereocenters. The minimum Gasteiger partial charge on any atom is -0.469 e. The number of Topliss-reactive ketones (excluding diaryl/α,β-unsaturated/α-hetero) is 2. The zero-order valence-electron chi connectivity index (χ0n) is 10.2. The molecular formula is C14H13NO3S. The van der Waals surface area contributed by atoms with E-state index in [0.717, 1.165) is 0 Å². The number of thiocarbonyl (C=S) groups is 1. The molecule has 0 aromatic carbocycles. The first kappa shape index (κ1) is 13.4. The summed E-state index contributed by atoms with van der Waals surface area (Å²) in [4.78, 5) is 24.4. The third kappa shape index (κ3) is 2.42. The lowest BCUT2D eigenvalue weighted by molar-refractivity contribution is -0.120. The van der Waals surface area contributed by atoms with Crippen molar-refractivity contribution < 1.29 is 14.0 Å². The van der Waals surface area contributed by atoms with Crippen LogP contribution >= 0.6 is 12.2 Å². The Balaban J connectivity index is 2.33. The summed E-state index contributed by atoms with van der Waals surface area (Å²) in [6, 6.07) is 3.45. The van der Waals surface area contributed by atoms with Crippen molar-refractivity contribution in [1.29, 1.82) is 0 Å². The summed E-state index contributed by atoms with van der Waals surface area (Å²) >= 11 is 5.11. The number of ketones is 2. The van der Waals surface area contributed by atoms with Crippen molar-refractivity contribution in [1.82, 2.24) is 0 Å². The van der Waals surface area contributed by atoms with Crippen LogP contribution in [0.1, 0.15) is 12.2 Å². The van der Waals surface area contributed by atoms with Crippen molar-refractivity contribution in [2.24, 2.45) is 11.7 Å². The number of hydrogen-bond donors (Lipinski definition) is 1. The maximum atomic E-state index is 12.2. The second-order valence-electron chi connectivity index (χ2n) is 4.28. The van der Waals surface area contributed by atoms with Gasteiger partial charge in [-0.05, 0) is 18.6 Å². The van der Waals surface area contributed by atoms with Gasteiger partial charge in [0.1, 0.15) is 5.76 Å². The number of carbonyl (C=O) groups excluding carboxylic acids is 2. The van der Waals surface area contributed by atoms with E-state index in [1.807, 2.05) is 0 Å². The van der Waals surface area contributed by atoms with E-state index in [2.05, 4.69) is 6.58 Å². The van der Waals surface area contributed by atoms with E-state index < -0.39 is 5.92 Å². The third-order valence-corrected chi connectivity index (χ3v) is 3.53. The number of allylic oxidation sites excluding steroid dienone is 3. The van der Waals surface area contributed by atoms with Crippen molar-refractivity contribution in [3.8, 4) is 0 Å². The summed E-state index contributed by atoms with van der Waals surface area (Å²) in [5.74, 6) is -0.739. The Morgan fingerprint density at radius 3 is 2.79 bits per heavy atom. The number of nitrogens with two attached hydrogens (primary N) is 1. The fraction of sp³-hybridized carbons (Fsp3) is 0.214. The Morgan fingerprint density at radius 1 is 1.47 bits per heavy atom. The molecule has 1 aliphatic rings. The van der Waals surface area contributed by atoms with Crippen LogP contribution in [0.5, 0.6) is 0 Å². The van der Waals surface area contributed by atoms with Crippen LogP contribution in [-0.2, 0) is 16.0 Å². The van der Waals surface area contributed by atoms with Crippen molar-refractivity contribution in [2.45, 2.75) is 12.8 Å².